The smallest absolute Gasteiger partial charge is 0.276 e. The number of nitrogens with one attached hydrogen (secondary N) is 1. The van der Waals surface area contributed by atoms with E-state index in [2.05, 4.69) is 14.9 Å². The Kier molecular flexibility index (Phi) is 6.77. The van der Waals surface area contributed by atoms with E-state index in [4.69, 9.17) is 0 Å². The van der Waals surface area contributed by atoms with E-state index < -0.39 is 6.04 Å². The number of carbonyl (C=O) groups is 2. The fourth-order valence-electron chi connectivity index (χ4n) is 4.87. The lowest BCUT2D eigenvalue weighted by atomic mass is 9.94. The number of rotatable bonds is 6. The molecule has 2 aliphatic rings. The van der Waals surface area contributed by atoms with Gasteiger partial charge in [0.05, 0.1) is 0 Å². The van der Waals surface area contributed by atoms with Crippen LogP contribution >= 0.6 is 11.5 Å². The number of aromatic nitrogens is 2. The van der Waals surface area contributed by atoms with Crippen molar-refractivity contribution in [2.45, 2.75) is 82.8 Å². The Morgan fingerprint density at radius 1 is 1.10 bits per heavy atom. The van der Waals surface area contributed by atoms with Crippen molar-refractivity contribution < 1.29 is 9.59 Å². The van der Waals surface area contributed by atoms with Crippen molar-refractivity contribution in [2.75, 3.05) is 0 Å². The lowest BCUT2D eigenvalue weighted by Gasteiger charge is -2.37. The summed E-state index contributed by atoms with van der Waals surface area (Å²) in [6.07, 6.45) is 9.55. The lowest BCUT2D eigenvalue weighted by molar-refractivity contribution is -0.127. The normalized spacial score (nSPS) is 18.8. The van der Waals surface area contributed by atoms with Gasteiger partial charge in [0.15, 0.2) is 5.69 Å². The molecule has 0 bridgehead atoms. The second-order valence-corrected chi connectivity index (χ2v) is 9.21. The van der Waals surface area contributed by atoms with Gasteiger partial charge in [0, 0.05) is 17.5 Å². The van der Waals surface area contributed by atoms with Gasteiger partial charge in [-0.2, -0.15) is 0 Å². The maximum absolute atomic E-state index is 13.7. The standard InChI is InChI=1S/C23H30N4O2S/c1-16-8-7-9-17(14-16)21(22(28)24-18-10-3-2-4-11-18)27(19-12-5-6-13-19)23(29)20-15-30-26-25-20/h7-9,14-15,18-19,21H,2-6,10-13H2,1H3,(H,24,28)/t21-/m1/s1. The zero-order chi connectivity index (χ0) is 20.9. The molecule has 0 unspecified atom stereocenters. The molecule has 30 heavy (non-hydrogen) atoms. The number of hydrogen-bond donors (Lipinski definition) is 1. The van der Waals surface area contributed by atoms with Crippen molar-refractivity contribution in [1.29, 1.82) is 0 Å². The summed E-state index contributed by atoms with van der Waals surface area (Å²) >= 11 is 1.17. The van der Waals surface area contributed by atoms with Gasteiger partial charge in [-0.05, 0) is 49.7 Å². The van der Waals surface area contributed by atoms with Crippen LogP contribution in [0.1, 0.15) is 85.4 Å². The van der Waals surface area contributed by atoms with Crippen LogP contribution in [0.15, 0.2) is 29.6 Å². The highest BCUT2D eigenvalue weighted by molar-refractivity contribution is 7.03. The lowest BCUT2D eigenvalue weighted by Crippen LogP contribution is -2.50. The quantitative estimate of drug-likeness (QED) is 0.742. The Hall–Kier alpha value is -2.28. The summed E-state index contributed by atoms with van der Waals surface area (Å²) in [5.74, 6) is -0.267. The summed E-state index contributed by atoms with van der Waals surface area (Å²) in [6.45, 7) is 2.02. The molecule has 7 heteroatoms. The van der Waals surface area contributed by atoms with Gasteiger partial charge in [0.1, 0.15) is 6.04 Å². The molecule has 6 nitrogen and oxygen atoms in total. The fraction of sp³-hybridized carbons (Fsp3) is 0.565. The first-order chi connectivity index (χ1) is 14.6. The van der Waals surface area contributed by atoms with Crippen LogP contribution in [0.25, 0.3) is 0 Å². The predicted octanol–water partition coefficient (Wildman–Crippen LogP) is 4.42. The van der Waals surface area contributed by atoms with E-state index in [-0.39, 0.29) is 23.9 Å². The van der Waals surface area contributed by atoms with Crippen LogP contribution in [0.3, 0.4) is 0 Å². The molecular formula is C23H30N4O2S. The first kappa shape index (κ1) is 21.0. The van der Waals surface area contributed by atoms with Gasteiger partial charge in [0.2, 0.25) is 5.91 Å². The molecule has 1 N–H and O–H groups in total. The molecule has 1 aromatic heterocycles. The van der Waals surface area contributed by atoms with Crippen molar-refractivity contribution >= 4 is 23.3 Å². The SMILES string of the molecule is Cc1cccc([C@H](C(=O)NC2CCCCC2)N(C(=O)c2csnn2)C2CCCC2)c1. The molecule has 0 radical (unpaired) electrons. The number of amides is 2. The van der Waals surface area contributed by atoms with Gasteiger partial charge in [-0.1, -0.05) is 66.4 Å². The number of hydrogen-bond acceptors (Lipinski definition) is 5. The van der Waals surface area contributed by atoms with E-state index in [9.17, 15) is 9.59 Å². The first-order valence-electron chi connectivity index (χ1n) is 11.1. The third kappa shape index (κ3) is 4.72. The molecule has 4 rings (SSSR count). The van der Waals surface area contributed by atoms with Crippen molar-refractivity contribution in [3.05, 3.63) is 46.5 Å². The molecule has 0 saturated heterocycles. The summed E-state index contributed by atoms with van der Waals surface area (Å²) in [6, 6.07) is 7.57. The second-order valence-electron chi connectivity index (χ2n) is 8.60. The van der Waals surface area contributed by atoms with E-state index in [1.807, 2.05) is 31.2 Å². The van der Waals surface area contributed by atoms with Crippen molar-refractivity contribution in [2.24, 2.45) is 0 Å². The van der Waals surface area contributed by atoms with E-state index in [1.54, 1.807) is 10.3 Å². The number of benzene rings is 1. The first-order valence-corrected chi connectivity index (χ1v) is 11.9. The minimum atomic E-state index is -0.649. The molecule has 2 amide bonds. The minimum Gasteiger partial charge on any atom is -0.351 e. The molecule has 2 aliphatic carbocycles. The van der Waals surface area contributed by atoms with Gasteiger partial charge in [-0.3, -0.25) is 9.59 Å². The number of nitrogens with zero attached hydrogens (tertiary/aromatic N) is 3. The Morgan fingerprint density at radius 3 is 2.50 bits per heavy atom. The van der Waals surface area contributed by atoms with E-state index in [0.717, 1.165) is 62.5 Å². The Balaban J connectivity index is 1.70. The molecule has 2 fully saturated rings. The van der Waals surface area contributed by atoms with Crippen molar-refractivity contribution in [1.82, 2.24) is 19.8 Å². The fourth-order valence-corrected chi connectivity index (χ4v) is 5.30. The van der Waals surface area contributed by atoms with Crippen molar-refractivity contribution in [3.8, 4) is 0 Å². The highest BCUT2D eigenvalue weighted by atomic mass is 32.1. The van der Waals surface area contributed by atoms with E-state index in [1.165, 1.54) is 18.0 Å². The maximum atomic E-state index is 13.7. The molecule has 0 aliphatic heterocycles. The molecule has 1 heterocycles. The average molecular weight is 427 g/mol. The Labute approximate surface area is 182 Å². The number of aryl methyl sites for hydroxylation is 1. The van der Waals surface area contributed by atoms with E-state index in [0.29, 0.717) is 5.69 Å². The van der Waals surface area contributed by atoms with Gasteiger partial charge in [0.25, 0.3) is 5.91 Å². The van der Waals surface area contributed by atoms with Crippen LogP contribution in [0.4, 0.5) is 0 Å². The molecule has 1 atom stereocenters. The Morgan fingerprint density at radius 2 is 1.83 bits per heavy atom. The maximum Gasteiger partial charge on any atom is 0.276 e. The number of carbonyl (C=O) groups excluding carboxylic acids is 2. The molecule has 0 spiro atoms. The average Bonchev–Trinajstić information content (AvgIpc) is 3.46. The van der Waals surface area contributed by atoms with Gasteiger partial charge >= 0.3 is 0 Å². The zero-order valence-electron chi connectivity index (χ0n) is 17.5. The monoisotopic (exact) mass is 426 g/mol. The summed E-state index contributed by atoms with van der Waals surface area (Å²) in [5, 5.41) is 8.97. The van der Waals surface area contributed by atoms with Crippen LogP contribution < -0.4 is 5.32 Å². The summed E-state index contributed by atoms with van der Waals surface area (Å²) < 4.78 is 3.88. The van der Waals surface area contributed by atoms with Crippen LogP contribution in [0.2, 0.25) is 0 Å². The molecule has 160 valence electrons. The molecular weight excluding hydrogens is 396 g/mol. The van der Waals surface area contributed by atoms with Gasteiger partial charge in [-0.15, -0.1) is 5.10 Å². The summed E-state index contributed by atoms with van der Waals surface area (Å²) in [4.78, 5) is 29.0. The zero-order valence-corrected chi connectivity index (χ0v) is 18.4. The van der Waals surface area contributed by atoms with Gasteiger partial charge in [-0.25, -0.2) is 0 Å². The molecule has 2 aromatic rings. The second kappa shape index (κ2) is 9.69. The largest absolute Gasteiger partial charge is 0.351 e. The Bertz CT molecular complexity index is 858. The third-order valence-electron chi connectivity index (χ3n) is 6.37. The topological polar surface area (TPSA) is 75.2 Å². The highest BCUT2D eigenvalue weighted by Gasteiger charge is 2.39. The highest BCUT2D eigenvalue weighted by Crippen LogP contribution is 2.33. The minimum absolute atomic E-state index is 0.0434. The van der Waals surface area contributed by atoms with E-state index >= 15 is 0 Å². The van der Waals surface area contributed by atoms with Crippen molar-refractivity contribution in [3.63, 3.8) is 0 Å². The molecule has 2 saturated carbocycles. The summed E-state index contributed by atoms with van der Waals surface area (Å²) in [7, 11) is 0. The van der Waals surface area contributed by atoms with Crippen LogP contribution in [-0.4, -0.2) is 38.4 Å². The predicted molar refractivity (Wildman–Crippen MR) is 117 cm³/mol. The van der Waals surface area contributed by atoms with Gasteiger partial charge < -0.3 is 10.2 Å². The third-order valence-corrected chi connectivity index (χ3v) is 6.87. The van der Waals surface area contributed by atoms with Crippen LogP contribution in [0, 0.1) is 6.92 Å². The summed E-state index contributed by atoms with van der Waals surface area (Å²) in [5.41, 5.74) is 2.28. The molecule has 1 aromatic carbocycles. The van der Waals surface area contributed by atoms with Crippen LogP contribution in [-0.2, 0) is 4.79 Å². The van der Waals surface area contributed by atoms with Crippen LogP contribution in [0.5, 0.6) is 0 Å².